The summed E-state index contributed by atoms with van der Waals surface area (Å²) in [6.07, 6.45) is 7.66. The van der Waals surface area contributed by atoms with E-state index in [4.69, 9.17) is 0 Å². The molecule has 1 aromatic heterocycles. The highest BCUT2D eigenvalue weighted by molar-refractivity contribution is 7.88. The fourth-order valence-corrected chi connectivity index (χ4v) is 4.46. The molecule has 0 aliphatic carbocycles. The van der Waals surface area contributed by atoms with Crippen molar-refractivity contribution in [2.75, 3.05) is 24.2 Å². The second kappa shape index (κ2) is 4.96. The van der Waals surface area contributed by atoms with Crippen LogP contribution in [0.5, 0.6) is 0 Å². The Hall–Kier alpha value is -1.21. The van der Waals surface area contributed by atoms with Crippen molar-refractivity contribution >= 4 is 16.0 Å². The quantitative estimate of drug-likeness (QED) is 0.819. The molecule has 1 aromatic rings. The van der Waals surface area contributed by atoms with Gasteiger partial charge >= 0.3 is 0 Å². The van der Waals surface area contributed by atoms with E-state index in [1.54, 1.807) is 4.31 Å². The van der Waals surface area contributed by atoms with Gasteiger partial charge in [-0.05, 0) is 24.8 Å². The van der Waals surface area contributed by atoms with Crippen LogP contribution in [0.2, 0.25) is 0 Å². The van der Waals surface area contributed by atoms with Crippen molar-refractivity contribution in [2.45, 2.75) is 38.3 Å². The minimum absolute atomic E-state index is 0.0828. The molecular formula is C13H20N4O2S. The maximum Gasteiger partial charge on any atom is 0.225 e. The molecule has 0 amide bonds. The average molecular weight is 296 g/mol. The highest BCUT2D eigenvalue weighted by atomic mass is 32.2. The molecule has 2 atom stereocenters. The number of fused-ring (bicyclic) bond motifs is 1. The monoisotopic (exact) mass is 296 g/mol. The van der Waals surface area contributed by atoms with Crippen LogP contribution in [0.15, 0.2) is 12.4 Å². The Morgan fingerprint density at radius 3 is 2.45 bits per heavy atom. The fourth-order valence-electron chi connectivity index (χ4n) is 3.29. The normalized spacial score (nSPS) is 27.0. The van der Waals surface area contributed by atoms with Crippen molar-refractivity contribution in [3.8, 4) is 0 Å². The molecule has 2 fully saturated rings. The molecule has 0 bridgehead atoms. The van der Waals surface area contributed by atoms with Gasteiger partial charge in [-0.1, -0.05) is 6.92 Å². The number of aromatic nitrogens is 2. The zero-order chi connectivity index (χ0) is 14.3. The van der Waals surface area contributed by atoms with Crippen LogP contribution in [0, 0.1) is 0 Å². The van der Waals surface area contributed by atoms with E-state index in [2.05, 4.69) is 21.8 Å². The second-order valence-electron chi connectivity index (χ2n) is 5.52. The third-order valence-corrected chi connectivity index (χ3v) is 5.61. The summed E-state index contributed by atoms with van der Waals surface area (Å²) in [5, 5.41) is 0. The first-order valence-corrected chi connectivity index (χ1v) is 8.90. The van der Waals surface area contributed by atoms with Crippen LogP contribution in [0.25, 0.3) is 0 Å². The van der Waals surface area contributed by atoms with Crippen LogP contribution in [0.1, 0.15) is 25.3 Å². The van der Waals surface area contributed by atoms with Gasteiger partial charge in [0.2, 0.25) is 16.0 Å². The molecule has 20 heavy (non-hydrogen) atoms. The number of hydrogen-bond donors (Lipinski definition) is 0. The predicted octanol–water partition coefficient (Wildman–Crippen LogP) is 0.652. The van der Waals surface area contributed by atoms with E-state index in [1.807, 2.05) is 12.4 Å². The molecule has 0 N–H and O–H groups in total. The van der Waals surface area contributed by atoms with Gasteiger partial charge in [-0.15, -0.1) is 0 Å². The summed E-state index contributed by atoms with van der Waals surface area (Å²) in [5.74, 6) is 0.727. The second-order valence-corrected chi connectivity index (χ2v) is 7.46. The highest BCUT2D eigenvalue weighted by Crippen LogP contribution is 2.34. The first-order valence-electron chi connectivity index (χ1n) is 7.05. The van der Waals surface area contributed by atoms with Crippen molar-refractivity contribution in [1.29, 1.82) is 0 Å². The Kier molecular flexibility index (Phi) is 3.41. The molecule has 3 heterocycles. The Balaban J connectivity index is 1.81. The van der Waals surface area contributed by atoms with E-state index in [1.165, 1.54) is 6.26 Å². The SMILES string of the molecule is CCc1cnc(N2CC[C@@H]3[C@H]2CCN3S(C)(=O)=O)nc1. The zero-order valence-electron chi connectivity index (χ0n) is 11.9. The van der Waals surface area contributed by atoms with E-state index in [-0.39, 0.29) is 12.1 Å². The summed E-state index contributed by atoms with van der Waals surface area (Å²) in [4.78, 5) is 11.0. The Morgan fingerprint density at radius 1 is 1.20 bits per heavy atom. The van der Waals surface area contributed by atoms with Crippen molar-refractivity contribution in [1.82, 2.24) is 14.3 Å². The average Bonchev–Trinajstić information content (AvgIpc) is 2.98. The van der Waals surface area contributed by atoms with Gasteiger partial charge in [0, 0.05) is 37.6 Å². The molecule has 0 saturated carbocycles. The molecule has 0 radical (unpaired) electrons. The minimum atomic E-state index is -3.11. The lowest BCUT2D eigenvalue weighted by atomic mass is 10.1. The van der Waals surface area contributed by atoms with Gasteiger partial charge in [0.25, 0.3) is 0 Å². The first kappa shape index (κ1) is 13.8. The number of anilines is 1. The third-order valence-electron chi connectivity index (χ3n) is 4.31. The molecule has 110 valence electrons. The number of sulfonamides is 1. The Morgan fingerprint density at radius 2 is 1.85 bits per heavy atom. The van der Waals surface area contributed by atoms with Gasteiger partial charge in [-0.25, -0.2) is 18.4 Å². The maximum atomic E-state index is 11.8. The lowest BCUT2D eigenvalue weighted by molar-refractivity contribution is 0.391. The maximum absolute atomic E-state index is 11.8. The molecule has 0 spiro atoms. The van der Waals surface area contributed by atoms with E-state index >= 15 is 0 Å². The molecule has 6 nitrogen and oxygen atoms in total. The van der Waals surface area contributed by atoms with E-state index < -0.39 is 10.0 Å². The van der Waals surface area contributed by atoms with Gasteiger partial charge in [0.15, 0.2) is 0 Å². The summed E-state index contributed by atoms with van der Waals surface area (Å²) in [6.45, 7) is 3.51. The molecule has 7 heteroatoms. The van der Waals surface area contributed by atoms with Crippen LogP contribution in [0.3, 0.4) is 0 Å². The van der Waals surface area contributed by atoms with Crippen LogP contribution >= 0.6 is 0 Å². The summed E-state index contributed by atoms with van der Waals surface area (Å²) in [7, 11) is -3.11. The van der Waals surface area contributed by atoms with E-state index in [9.17, 15) is 8.42 Å². The van der Waals surface area contributed by atoms with Crippen molar-refractivity contribution < 1.29 is 8.42 Å². The molecule has 2 aliphatic heterocycles. The largest absolute Gasteiger partial charge is 0.336 e. The molecular weight excluding hydrogens is 276 g/mol. The van der Waals surface area contributed by atoms with Gasteiger partial charge in [0.05, 0.1) is 6.26 Å². The number of hydrogen-bond acceptors (Lipinski definition) is 5. The van der Waals surface area contributed by atoms with Crippen molar-refractivity contribution in [2.24, 2.45) is 0 Å². The first-order chi connectivity index (χ1) is 9.50. The van der Waals surface area contributed by atoms with Gasteiger partial charge in [-0.2, -0.15) is 4.31 Å². The van der Waals surface area contributed by atoms with Gasteiger partial charge in [0.1, 0.15) is 0 Å². The summed E-state index contributed by atoms with van der Waals surface area (Å²) in [5.41, 5.74) is 1.12. The standard InChI is InChI=1S/C13H20N4O2S/c1-3-10-8-14-13(15-9-10)16-6-4-12-11(16)5-7-17(12)20(2,18)19/h8-9,11-12H,3-7H2,1-2H3/t11-,12-/m1/s1. The topological polar surface area (TPSA) is 66.4 Å². The van der Waals surface area contributed by atoms with Gasteiger partial charge < -0.3 is 4.90 Å². The lowest BCUT2D eigenvalue weighted by Crippen LogP contribution is -2.39. The number of rotatable bonds is 3. The Bertz CT molecular complexity index is 587. The molecule has 2 saturated heterocycles. The highest BCUT2D eigenvalue weighted by Gasteiger charge is 2.46. The zero-order valence-corrected chi connectivity index (χ0v) is 12.7. The van der Waals surface area contributed by atoms with Crippen LogP contribution in [-0.2, 0) is 16.4 Å². The van der Waals surface area contributed by atoms with Crippen LogP contribution in [0.4, 0.5) is 5.95 Å². The fraction of sp³-hybridized carbons (Fsp3) is 0.692. The summed E-state index contributed by atoms with van der Waals surface area (Å²) >= 11 is 0. The third kappa shape index (κ3) is 2.29. The van der Waals surface area contributed by atoms with Crippen LogP contribution < -0.4 is 4.90 Å². The molecule has 2 aliphatic rings. The molecule has 0 unspecified atom stereocenters. The van der Waals surface area contributed by atoms with Crippen molar-refractivity contribution in [3.05, 3.63) is 18.0 Å². The van der Waals surface area contributed by atoms with Gasteiger partial charge in [-0.3, -0.25) is 0 Å². The van der Waals surface area contributed by atoms with E-state index in [0.717, 1.165) is 37.3 Å². The van der Waals surface area contributed by atoms with Crippen LogP contribution in [-0.4, -0.2) is 54.1 Å². The summed E-state index contributed by atoms with van der Waals surface area (Å²) in [6, 6.07) is 0.302. The minimum Gasteiger partial charge on any atom is -0.336 e. The molecule has 0 aromatic carbocycles. The lowest BCUT2D eigenvalue weighted by Gasteiger charge is -2.24. The van der Waals surface area contributed by atoms with Crippen molar-refractivity contribution in [3.63, 3.8) is 0 Å². The predicted molar refractivity (Wildman–Crippen MR) is 77.1 cm³/mol. The molecule has 3 rings (SSSR count). The number of nitrogens with zero attached hydrogens (tertiary/aromatic N) is 4. The Labute approximate surface area is 119 Å². The summed E-state index contributed by atoms with van der Waals surface area (Å²) < 4.78 is 25.2. The number of aryl methyl sites for hydroxylation is 1. The smallest absolute Gasteiger partial charge is 0.225 e. The van der Waals surface area contributed by atoms with E-state index in [0.29, 0.717) is 6.54 Å².